The fourth-order valence-electron chi connectivity index (χ4n) is 1.87. The van der Waals surface area contributed by atoms with Crippen LogP contribution in [-0.4, -0.2) is 51.0 Å². The zero-order valence-corrected chi connectivity index (χ0v) is 9.50. The summed E-state index contributed by atoms with van der Waals surface area (Å²) in [6.45, 7) is 0. The Morgan fingerprint density at radius 2 is 1.26 bits per heavy atom. The fourth-order valence-corrected chi connectivity index (χ4v) is 1.87. The van der Waals surface area contributed by atoms with E-state index in [2.05, 4.69) is 4.74 Å². The number of rotatable bonds is 1. The first-order valence-electron chi connectivity index (χ1n) is 4.98. The Morgan fingerprint density at radius 3 is 1.74 bits per heavy atom. The molecule has 1 aromatic rings. The number of phenolic OH excluding ortho intramolecular Hbond substituents is 4. The van der Waals surface area contributed by atoms with Gasteiger partial charge in [0, 0.05) is 7.11 Å². The lowest BCUT2D eigenvalue weighted by Gasteiger charge is -2.22. The van der Waals surface area contributed by atoms with Gasteiger partial charge in [0.2, 0.25) is 28.8 Å². The second-order valence-electron chi connectivity index (χ2n) is 3.82. The van der Waals surface area contributed by atoms with E-state index in [1.54, 1.807) is 0 Å². The molecule has 0 heterocycles. The van der Waals surface area contributed by atoms with E-state index >= 15 is 0 Å². The van der Waals surface area contributed by atoms with Crippen molar-refractivity contribution in [3.05, 3.63) is 11.1 Å². The maximum atomic E-state index is 11.9. The molecule has 1 aromatic carbocycles. The number of fused-ring (bicyclic) bond motifs is 1. The maximum Gasteiger partial charge on any atom is 0.240 e. The molecule has 1 atom stereocenters. The summed E-state index contributed by atoms with van der Waals surface area (Å²) < 4.78 is 4.55. The zero-order chi connectivity index (χ0) is 14.5. The van der Waals surface area contributed by atoms with E-state index in [1.165, 1.54) is 0 Å². The number of ketones is 3. The Hall–Kier alpha value is -2.61. The molecule has 1 aliphatic rings. The lowest BCUT2D eigenvalue weighted by molar-refractivity contribution is -0.122. The number of Topliss-reactive ketones (excluding diaryl/α,β-unsaturated/α-hetero) is 3. The number of carbonyl (C=O) groups is 3. The molecule has 19 heavy (non-hydrogen) atoms. The average Bonchev–Trinajstić information content (AvgIpc) is 2.38. The highest BCUT2D eigenvalue weighted by Gasteiger charge is 2.45. The Labute approximate surface area is 105 Å². The summed E-state index contributed by atoms with van der Waals surface area (Å²) in [5, 5.41) is 37.7. The van der Waals surface area contributed by atoms with Crippen molar-refractivity contribution in [3.63, 3.8) is 0 Å². The highest BCUT2D eigenvalue weighted by molar-refractivity contribution is 6.54. The van der Waals surface area contributed by atoms with Gasteiger partial charge in [-0.25, -0.2) is 0 Å². The first kappa shape index (κ1) is 12.8. The summed E-state index contributed by atoms with van der Waals surface area (Å²) in [5.74, 6) is -8.23. The number of aromatic hydroxyl groups is 4. The van der Waals surface area contributed by atoms with Crippen LogP contribution in [0.3, 0.4) is 0 Å². The Kier molecular flexibility index (Phi) is 2.67. The van der Waals surface area contributed by atoms with Gasteiger partial charge in [0.15, 0.2) is 17.6 Å². The van der Waals surface area contributed by atoms with Crippen molar-refractivity contribution in [2.24, 2.45) is 0 Å². The van der Waals surface area contributed by atoms with Gasteiger partial charge >= 0.3 is 0 Å². The number of hydrogen-bond donors (Lipinski definition) is 4. The van der Waals surface area contributed by atoms with Crippen molar-refractivity contribution < 1.29 is 39.5 Å². The molecule has 2 rings (SSSR count). The van der Waals surface area contributed by atoms with E-state index < -0.39 is 57.6 Å². The molecule has 8 nitrogen and oxygen atoms in total. The summed E-state index contributed by atoms with van der Waals surface area (Å²) in [7, 11) is 1.01. The van der Waals surface area contributed by atoms with E-state index in [1.807, 2.05) is 0 Å². The smallest absolute Gasteiger partial charge is 0.240 e. The van der Waals surface area contributed by atoms with E-state index in [0.717, 1.165) is 7.11 Å². The number of benzene rings is 1. The van der Waals surface area contributed by atoms with Crippen LogP contribution in [0.4, 0.5) is 0 Å². The molecule has 0 saturated heterocycles. The molecule has 100 valence electrons. The Balaban J connectivity index is 2.88. The quantitative estimate of drug-likeness (QED) is 0.230. The van der Waals surface area contributed by atoms with Crippen molar-refractivity contribution >= 4 is 17.3 Å². The molecular formula is C11H8O8. The van der Waals surface area contributed by atoms with Gasteiger partial charge in [-0.05, 0) is 0 Å². The lowest BCUT2D eigenvalue weighted by atomic mass is 9.84. The summed E-state index contributed by atoms with van der Waals surface area (Å²) in [6, 6.07) is 0. The monoisotopic (exact) mass is 268 g/mol. The molecule has 8 heteroatoms. The topological polar surface area (TPSA) is 141 Å². The normalized spacial score (nSPS) is 18.6. The summed E-state index contributed by atoms with van der Waals surface area (Å²) in [6.07, 6.45) is -1.76. The van der Waals surface area contributed by atoms with E-state index in [4.69, 9.17) is 0 Å². The molecule has 0 saturated carbocycles. The van der Waals surface area contributed by atoms with Gasteiger partial charge in [0.05, 0.1) is 11.1 Å². The third-order valence-corrected chi connectivity index (χ3v) is 2.81. The van der Waals surface area contributed by atoms with Crippen LogP contribution in [0.5, 0.6) is 23.0 Å². The molecule has 1 aliphatic carbocycles. The van der Waals surface area contributed by atoms with Crippen molar-refractivity contribution in [1.29, 1.82) is 0 Å². The molecule has 0 aromatic heterocycles. The van der Waals surface area contributed by atoms with Crippen LogP contribution in [0.15, 0.2) is 0 Å². The minimum atomic E-state index is -1.76. The van der Waals surface area contributed by atoms with Gasteiger partial charge in [-0.1, -0.05) is 0 Å². The van der Waals surface area contributed by atoms with Crippen LogP contribution < -0.4 is 0 Å². The number of carbonyl (C=O) groups excluding carboxylic acids is 3. The lowest BCUT2D eigenvalue weighted by Crippen LogP contribution is -2.42. The third kappa shape index (κ3) is 1.47. The number of hydrogen-bond acceptors (Lipinski definition) is 8. The molecule has 0 amide bonds. The van der Waals surface area contributed by atoms with Crippen LogP contribution in [-0.2, 0) is 9.53 Å². The van der Waals surface area contributed by atoms with Crippen LogP contribution in [0.25, 0.3) is 0 Å². The molecule has 1 unspecified atom stereocenters. The zero-order valence-electron chi connectivity index (χ0n) is 9.50. The molecule has 0 aliphatic heterocycles. The van der Waals surface area contributed by atoms with Crippen molar-refractivity contribution in [3.8, 4) is 23.0 Å². The van der Waals surface area contributed by atoms with Crippen LogP contribution >= 0.6 is 0 Å². The first-order valence-corrected chi connectivity index (χ1v) is 4.98. The Morgan fingerprint density at radius 1 is 0.789 bits per heavy atom. The highest BCUT2D eigenvalue weighted by atomic mass is 16.5. The van der Waals surface area contributed by atoms with Crippen molar-refractivity contribution in [2.75, 3.05) is 7.11 Å². The van der Waals surface area contributed by atoms with Gasteiger partial charge < -0.3 is 25.2 Å². The molecule has 0 fully saturated rings. The number of ether oxygens (including phenoxy) is 1. The van der Waals surface area contributed by atoms with Gasteiger partial charge in [-0.3, -0.25) is 14.4 Å². The SMILES string of the molecule is COC1C(=O)C(=O)c2c(O)c(O)c(O)c(O)c2C1=O. The third-order valence-electron chi connectivity index (χ3n) is 2.81. The largest absolute Gasteiger partial charge is 0.504 e. The average molecular weight is 268 g/mol. The first-order chi connectivity index (χ1) is 8.82. The predicted molar refractivity (Wildman–Crippen MR) is 57.6 cm³/mol. The van der Waals surface area contributed by atoms with E-state index in [9.17, 15) is 34.8 Å². The van der Waals surface area contributed by atoms with Crippen LogP contribution in [0.1, 0.15) is 20.7 Å². The number of phenols is 4. The predicted octanol–water partition coefficient (Wildman–Crippen LogP) is -0.528. The molecule has 0 bridgehead atoms. The van der Waals surface area contributed by atoms with E-state index in [0.29, 0.717) is 0 Å². The van der Waals surface area contributed by atoms with Gasteiger partial charge in [0.1, 0.15) is 0 Å². The minimum Gasteiger partial charge on any atom is -0.504 e. The highest BCUT2D eigenvalue weighted by Crippen LogP contribution is 2.48. The minimum absolute atomic E-state index is 0.760. The standard InChI is InChI=1S/C11H8O8/c1-19-11-7(15)3-2(6(14)10(11)18)4(12)8(16)9(17)5(3)13/h11-13,16-17H,1H3. The number of methoxy groups -OCH3 is 1. The molecule has 0 spiro atoms. The van der Waals surface area contributed by atoms with Gasteiger partial charge in [-0.2, -0.15) is 0 Å². The van der Waals surface area contributed by atoms with Gasteiger partial charge in [0.25, 0.3) is 0 Å². The summed E-state index contributed by atoms with van der Waals surface area (Å²) in [4.78, 5) is 35.2. The van der Waals surface area contributed by atoms with Crippen LogP contribution in [0, 0.1) is 0 Å². The van der Waals surface area contributed by atoms with Gasteiger partial charge in [-0.15, -0.1) is 0 Å². The summed E-state index contributed by atoms with van der Waals surface area (Å²) in [5.41, 5.74) is -1.61. The summed E-state index contributed by atoms with van der Waals surface area (Å²) >= 11 is 0. The second-order valence-corrected chi connectivity index (χ2v) is 3.82. The molecule has 0 radical (unpaired) electrons. The van der Waals surface area contributed by atoms with Crippen molar-refractivity contribution in [1.82, 2.24) is 0 Å². The van der Waals surface area contributed by atoms with E-state index in [-0.39, 0.29) is 0 Å². The molecule has 4 N–H and O–H groups in total. The van der Waals surface area contributed by atoms with Crippen molar-refractivity contribution in [2.45, 2.75) is 6.10 Å². The second kappa shape index (κ2) is 3.95. The molecular weight excluding hydrogens is 260 g/mol. The maximum absolute atomic E-state index is 11.9. The van der Waals surface area contributed by atoms with Crippen LogP contribution in [0.2, 0.25) is 0 Å². The fraction of sp³-hybridized carbons (Fsp3) is 0.182. The Bertz CT molecular complexity index is 630.